The summed E-state index contributed by atoms with van der Waals surface area (Å²) in [4.78, 5) is 6.72. The maximum Gasteiger partial charge on any atom is 0.123 e. The van der Waals surface area contributed by atoms with Crippen molar-refractivity contribution in [1.82, 2.24) is 9.88 Å². The fourth-order valence-electron chi connectivity index (χ4n) is 4.05. The number of pyridine rings is 1. The Balaban J connectivity index is 1.31. The molecule has 2 heterocycles. The van der Waals surface area contributed by atoms with E-state index in [1.54, 1.807) is 0 Å². The first kappa shape index (κ1) is 19.7. The van der Waals surface area contributed by atoms with Gasteiger partial charge in [0.05, 0.1) is 18.2 Å². The van der Waals surface area contributed by atoms with Crippen LogP contribution < -0.4 is 9.47 Å². The zero-order valence-electron chi connectivity index (χ0n) is 16.8. The Morgan fingerprint density at radius 2 is 1.86 bits per heavy atom. The molecule has 0 radical (unpaired) electrons. The Morgan fingerprint density at radius 1 is 1.03 bits per heavy atom. The minimum Gasteiger partial charge on any atom is -0.494 e. The number of nitrogens with zero attached hydrogens (tertiary/aromatic N) is 2. The summed E-state index contributed by atoms with van der Waals surface area (Å²) in [5.41, 5.74) is 2.27. The number of aromatic nitrogens is 1. The van der Waals surface area contributed by atoms with E-state index in [0.717, 1.165) is 36.5 Å². The Bertz CT molecular complexity index is 941. The lowest BCUT2D eigenvalue weighted by atomic mass is 9.94. The minimum absolute atomic E-state index is 0.224. The molecule has 1 N–H and O–H groups in total. The third-order valence-electron chi connectivity index (χ3n) is 5.50. The zero-order chi connectivity index (χ0) is 20.1. The van der Waals surface area contributed by atoms with E-state index >= 15 is 0 Å². The molecule has 0 aliphatic carbocycles. The maximum absolute atomic E-state index is 10.6. The molecule has 0 bridgehead atoms. The molecule has 2 atom stereocenters. The molecule has 1 aliphatic rings. The van der Waals surface area contributed by atoms with Crippen molar-refractivity contribution in [2.24, 2.45) is 5.92 Å². The van der Waals surface area contributed by atoms with E-state index in [9.17, 15) is 5.11 Å². The number of likely N-dealkylation sites (tertiary alicyclic amines) is 1. The largest absolute Gasteiger partial charge is 0.494 e. The van der Waals surface area contributed by atoms with Crippen LogP contribution in [-0.2, 0) is 6.42 Å². The van der Waals surface area contributed by atoms with Crippen LogP contribution in [0.5, 0.6) is 11.5 Å². The Morgan fingerprint density at radius 3 is 2.72 bits per heavy atom. The molecule has 1 aromatic heterocycles. The monoisotopic (exact) mass is 392 g/mol. The van der Waals surface area contributed by atoms with Gasteiger partial charge in [0, 0.05) is 43.2 Å². The van der Waals surface area contributed by atoms with Gasteiger partial charge in [-0.2, -0.15) is 0 Å². The second-order valence-corrected chi connectivity index (χ2v) is 7.53. The van der Waals surface area contributed by atoms with Crippen LogP contribution in [0.25, 0.3) is 10.9 Å². The molecular formula is C24H28N2O3. The summed E-state index contributed by atoms with van der Waals surface area (Å²) >= 11 is 0. The van der Waals surface area contributed by atoms with Crippen LogP contribution in [-0.4, -0.2) is 53.9 Å². The quantitative estimate of drug-likeness (QED) is 0.635. The number of aliphatic hydroxyl groups excluding tert-OH is 1. The second kappa shape index (κ2) is 9.25. The Hall–Kier alpha value is -2.63. The van der Waals surface area contributed by atoms with Crippen molar-refractivity contribution in [2.45, 2.75) is 19.4 Å². The molecule has 3 aromatic rings. The van der Waals surface area contributed by atoms with E-state index in [1.807, 2.05) is 55.6 Å². The van der Waals surface area contributed by atoms with Gasteiger partial charge < -0.3 is 14.6 Å². The fourth-order valence-corrected chi connectivity index (χ4v) is 4.05. The van der Waals surface area contributed by atoms with E-state index in [-0.39, 0.29) is 12.0 Å². The molecule has 0 spiro atoms. The molecule has 5 heteroatoms. The number of rotatable bonds is 8. The number of fused-ring (bicyclic) bond motifs is 1. The summed E-state index contributed by atoms with van der Waals surface area (Å²) in [6.45, 7) is 5.56. The molecule has 4 rings (SSSR count). The van der Waals surface area contributed by atoms with Crippen LogP contribution in [0.4, 0.5) is 0 Å². The number of para-hydroxylation sites is 1. The molecule has 1 aliphatic heterocycles. The lowest BCUT2D eigenvalue weighted by molar-refractivity contribution is 0.139. The average Bonchev–Trinajstić information content (AvgIpc) is 3.08. The lowest BCUT2D eigenvalue weighted by Crippen LogP contribution is -2.27. The van der Waals surface area contributed by atoms with E-state index in [2.05, 4.69) is 22.0 Å². The standard InChI is InChI=1S/C24H28N2O3/c1-2-28-20-6-5-7-21(15-20)29-13-12-26-16-19(24(27)17-26)14-18-10-11-25-23-9-4-3-8-22(18)23/h3-11,15,19,24,27H,2,12-14,16-17H2,1H3/t19-,24+/m1/s1. The predicted octanol–water partition coefficient (Wildman–Crippen LogP) is 3.55. The molecule has 29 heavy (non-hydrogen) atoms. The smallest absolute Gasteiger partial charge is 0.123 e. The van der Waals surface area contributed by atoms with Crippen LogP contribution in [0.3, 0.4) is 0 Å². The van der Waals surface area contributed by atoms with Gasteiger partial charge >= 0.3 is 0 Å². The van der Waals surface area contributed by atoms with E-state index in [0.29, 0.717) is 19.8 Å². The first-order valence-corrected chi connectivity index (χ1v) is 10.3. The van der Waals surface area contributed by atoms with Crippen molar-refractivity contribution in [3.05, 3.63) is 66.4 Å². The maximum atomic E-state index is 10.6. The fraction of sp³-hybridized carbons (Fsp3) is 0.375. The van der Waals surface area contributed by atoms with Gasteiger partial charge in [0.25, 0.3) is 0 Å². The van der Waals surface area contributed by atoms with Crippen molar-refractivity contribution >= 4 is 10.9 Å². The van der Waals surface area contributed by atoms with Gasteiger partial charge in [-0.25, -0.2) is 0 Å². The van der Waals surface area contributed by atoms with Crippen LogP contribution >= 0.6 is 0 Å². The van der Waals surface area contributed by atoms with Gasteiger partial charge in [0.15, 0.2) is 0 Å². The van der Waals surface area contributed by atoms with Crippen LogP contribution in [0, 0.1) is 5.92 Å². The number of benzene rings is 2. The summed E-state index contributed by atoms with van der Waals surface area (Å²) in [5, 5.41) is 11.8. The third-order valence-corrected chi connectivity index (χ3v) is 5.50. The highest BCUT2D eigenvalue weighted by molar-refractivity contribution is 5.81. The topological polar surface area (TPSA) is 54.8 Å². The molecule has 5 nitrogen and oxygen atoms in total. The first-order valence-electron chi connectivity index (χ1n) is 10.3. The SMILES string of the molecule is CCOc1cccc(OCCN2C[C@@H](Cc3ccnc4ccccc34)[C@@H](O)C2)c1. The molecular weight excluding hydrogens is 364 g/mol. The van der Waals surface area contributed by atoms with Crippen molar-refractivity contribution in [3.8, 4) is 11.5 Å². The number of hydrogen-bond donors (Lipinski definition) is 1. The summed E-state index contributed by atoms with van der Waals surface area (Å²) in [5.74, 6) is 1.86. The highest BCUT2D eigenvalue weighted by atomic mass is 16.5. The average molecular weight is 392 g/mol. The first-order chi connectivity index (χ1) is 14.2. The van der Waals surface area contributed by atoms with Crippen LogP contribution in [0.2, 0.25) is 0 Å². The number of β-amino-alcohol motifs (C(OH)–C–C–N with tert-alkyl or cyclic N) is 1. The van der Waals surface area contributed by atoms with Crippen molar-refractivity contribution in [1.29, 1.82) is 0 Å². The summed E-state index contributed by atoms with van der Waals surface area (Å²) < 4.78 is 11.4. The number of aliphatic hydroxyl groups is 1. The molecule has 0 amide bonds. The van der Waals surface area contributed by atoms with Gasteiger partial charge in [-0.3, -0.25) is 9.88 Å². The predicted molar refractivity (Wildman–Crippen MR) is 114 cm³/mol. The highest BCUT2D eigenvalue weighted by Crippen LogP contribution is 2.25. The number of ether oxygens (including phenoxy) is 2. The third kappa shape index (κ3) is 4.86. The van der Waals surface area contributed by atoms with Gasteiger partial charge in [0.2, 0.25) is 0 Å². The van der Waals surface area contributed by atoms with Crippen molar-refractivity contribution < 1.29 is 14.6 Å². The lowest BCUT2D eigenvalue weighted by Gasteiger charge is -2.17. The van der Waals surface area contributed by atoms with Gasteiger partial charge in [0.1, 0.15) is 18.1 Å². The highest BCUT2D eigenvalue weighted by Gasteiger charge is 2.31. The summed E-state index contributed by atoms with van der Waals surface area (Å²) in [6, 6.07) is 18.0. The van der Waals surface area contributed by atoms with E-state index in [4.69, 9.17) is 9.47 Å². The van der Waals surface area contributed by atoms with Gasteiger partial charge in [-0.1, -0.05) is 24.3 Å². The van der Waals surface area contributed by atoms with Gasteiger partial charge in [-0.15, -0.1) is 0 Å². The van der Waals surface area contributed by atoms with Crippen molar-refractivity contribution in [3.63, 3.8) is 0 Å². The molecule has 1 fully saturated rings. The molecule has 0 unspecified atom stereocenters. The normalized spacial score (nSPS) is 19.5. The summed E-state index contributed by atoms with van der Waals surface area (Å²) in [7, 11) is 0. The number of hydrogen-bond acceptors (Lipinski definition) is 5. The van der Waals surface area contributed by atoms with E-state index < -0.39 is 0 Å². The molecule has 1 saturated heterocycles. The molecule has 2 aromatic carbocycles. The Labute approximate surface area is 171 Å². The molecule has 152 valence electrons. The van der Waals surface area contributed by atoms with Crippen LogP contribution in [0.15, 0.2) is 60.8 Å². The minimum atomic E-state index is -0.316. The van der Waals surface area contributed by atoms with E-state index in [1.165, 1.54) is 10.9 Å². The zero-order valence-corrected chi connectivity index (χ0v) is 16.8. The van der Waals surface area contributed by atoms with Crippen molar-refractivity contribution in [2.75, 3.05) is 32.8 Å². The van der Waals surface area contributed by atoms with Gasteiger partial charge in [-0.05, 0) is 43.2 Å². The van der Waals surface area contributed by atoms with Crippen LogP contribution in [0.1, 0.15) is 12.5 Å². The molecule has 0 saturated carbocycles. The second-order valence-electron chi connectivity index (χ2n) is 7.53. The summed E-state index contributed by atoms with van der Waals surface area (Å²) in [6.07, 6.45) is 2.40. The Kier molecular flexibility index (Phi) is 6.27.